The number of pyridine rings is 1. The predicted octanol–water partition coefficient (Wildman–Crippen LogP) is 4.17. The molecule has 3 heteroatoms. The minimum atomic E-state index is 0.869. The van der Waals surface area contributed by atoms with Crippen molar-refractivity contribution in [1.29, 1.82) is 0 Å². The first-order chi connectivity index (χ1) is 7.42. The molecule has 76 valence electrons. The van der Waals surface area contributed by atoms with Gasteiger partial charge in [0.1, 0.15) is 5.03 Å². The molecule has 1 fully saturated rings. The molecule has 15 heavy (non-hydrogen) atoms. The highest BCUT2D eigenvalue weighted by molar-refractivity contribution is 8.01. The maximum absolute atomic E-state index is 4.31. The van der Waals surface area contributed by atoms with Crippen LogP contribution in [0.2, 0.25) is 0 Å². The fraction of sp³-hybridized carbons (Fsp3) is 0.250. The zero-order valence-corrected chi connectivity index (χ0v) is 9.85. The molecule has 0 N–H and O–H groups in total. The van der Waals surface area contributed by atoms with Crippen LogP contribution in [0.15, 0.2) is 45.8 Å². The summed E-state index contributed by atoms with van der Waals surface area (Å²) in [6.45, 7) is 0. The van der Waals surface area contributed by atoms with E-state index in [-0.39, 0.29) is 0 Å². The van der Waals surface area contributed by atoms with Gasteiger partial charge in [-0.25, -0.2) is 4.98 Å². The molecule has 3 rings (SSSR count). The van der Waals surface area contributed by atoms with Crippen LogP contribution in [0.25, 0.3) is 0 Å². The zero-order chi connectivity index (χ0) is 10.1. The van der Waals surface area contributed by atoms with E-state index >= 15 is 0 Å². The Hall–Kier alpha value is -0.800. The maximum Gasteiger partial charge on any atom is 0.101 e. The first-order valence-corrected chi connectivity index (χ1v) is 6.74. The molecule has 0 unspecified atom stereocenters. The normalized spacial score (nSPS) is 15.5. The largest absolute Gasteiger partial charge is 0.250 e. The van der Waals surface area contributed by atoms with E-state index in [0.717, 1.165) is 10.9 Å². The molecule has 0 aromatic carbocycles. The fourth-order valence-corrected chi connectivity index (χ4v) is 3.71. The lowest BCUT2D eigenvalue weighted by Crippen LogP contribution is -1.73. The van der Waals surface area contributed by atoms with Crippen LogP contribution in [0.1, 0.15) is 23.6 Å². The summed E-state index contributed by atoms with van der Waals surface area (Å²) in [5, 5.41) is 1.08. The van der Waals surface area contributed by atoms with Crippen molar-refractivity contribution in [3.05, 3.63) is 41.4 Å². The van der Waals surface area contributed by atoms with Gasteiger partial charge in [0.15, 0.2) is 0 Å². The molecule has 1 aliphatic rings. The summed E-state index contributed by atoms with van der Waals surface area (Å²) >= 11 is 3.68. The Balaban J connectivity index is 1.76. The number of nitrogens with zero attached hydrogens (tertiary/aromatic N) is 1. The van der Waals surface area contributed by atoms with E-state index < -0.39 is 0 Å². The van der Waals surface area contributed by atoms with Crippen molar-refractivity contribution in [3.63, 3.8) is 0 Å². The van der Waals surface area contributed by atoms with Gasteiger partial charge >= 0.3 is 0 Å². The Kier molecular flexibility index (Phi) is 2.51. The Bertz CT molecular complexity index is 446. The minimum absolute atomic E-state index is 0.869. The van der Waals surface area contributed by atoms with Crippen LogP contribution in [-0.2, 0) is 0 Å². The average molecular weight is 233 g/mol. The molecule has 1 saturated carbocycles. The average Bonchev–Trinajstić information content (AvgIpc) is 3.02. The van der Waals surface area contributed by atoms with E-state index in [1.54, 1.807) is 16.6 Å². The first-order valence-electron chi connectivity index (χ1n) is 5.10. The van der Waals surface area contributed by atoms with Gasteiger partial charge in [-0.15, -0.1) is 11.3 Å². The van der Waals surface area contributed by atoms with Crippen LogP contribution < -0.4 is 0 Å². The highest BCUT2D eigenvalue weighted by atomic mass is 32.2. The number of hydrogen-bond donors (Lipinski definition) is 0. The third-order valence-corrected chi connectivity index (χ3v) is 4.76. The fourth-order valence-electron chi connectivity index (χ4n) is 1.49. The van der Waals surface area contributed by atoms with Gasteiger partial charge in [0.05, 0.1) is 4.21 Å². The van der Waals surface area contributed by atoms with Crippen molar-refractivity contribution >= 4 is 23.1 Å². The SMILES string of the molecule is c1ccc(Sc2ccc(C3CC3)s2)nc1. The van der Waals surface area contributed by atoms with Gasteiger partial charge in [0.2, 0.25) is 0 Å². The molecular formula is C12H11NS2. The smallest absolute Gasteiger partial charge is 0.101 e. The van der Waals surface area contributed by atoms with E-state index in [0.29, 0.717) is 0 Å². The zero-order valence-electron chi connectivity index (χ0n) is 8.22. The minimum Gasteiger partial charge on any atom is -0.250 e. The van der Waals surface area contributed by atoms with Gasteiger partial charge in [0.25, 0.3) is 0 Å². The summed E-state index contributed by atoms with van der Waals surface area (Å²) in [5.74, 6) is 0.869. The van der Waals surface area contributed by atoms with Gasteiger partial charge in [0, 0.05) is 11.1 Å². The van der Waals surface area contributed by atoms with E-state index in [1.165, 1.54) is 17.1 Å². The second-order valence-corrected chi connectivity index (χ2v) is 6.14. The van der Waals surface area contributed by atoms with Crippen molar-refractivity contribution in [2.45, 2.75) is 28.0 Å². The number of thiophene rings is 1. The van der Waals surface area contributed by atoms with E-state index in [1.807, 2.05) is 29.7 Å². The molecule has 0 spiro atoms. The molecule has 0 atom stereocenters. The lowest BCUT2D eigenvalue weighted by Gasteiger charge is -1.95. The number of rotatable bonds is 3. The summed E-state index contributed by atoms with van der Waals surface area (Å²) in [5.41, 5.74) is 0. The molecule has 0 aliphatic heterocycles. The lowest BCUT2D eigenvalue weighted by atomic mass is 10.3. The van der Waals surface area contributed by atoms with Crippen LogP contribution in [0.4, 0.5) is 0 Å². The highest BCUT2D eigenvalue weighted by Crippen LogP contribution is 2.45. The number of hydrogen-bond acceptors (Lipinski definition) is 3. The third kappa shape index (κ3) is 2.24. The summed E-state index contributed by atoms with van der Waals surface area (Å²) in [6, 6.07) is 10.5. The van der Waals surface area contributed by atoms with Crippen molar-refractivity contribution in [2.75, 3.05) is 0 Å². The molecular weight excluding hydrogens is 222 g/mol. The molecule has 0 radical (unpaired) electrons. The monoisotopic (exact) mass is 233 g/mol. The van der Waals surface area contributed by atoms with Crippen molar-refractivity contribution < 1.29 is 0 Å². The predicted molar refractivity (Wildman–Crippen MR) is 64.7 cm³/mol. The van der Waals surface area contributed by atoms with E-state index in [4.69, 9.17) is 0 Å². The third-order valence-electron chi connectivity index (χ3n) is 2.42. The van der Waals surface area contributed by atoms with Crippen LogP contribution in [0.5, 0.6) is 0 Å². The standard InChI is InChI=1S/C12H11NS2/c1-2-8-13-11(3-1)15-12-7-6-10(14-12)9-4-5-9/h1-3,6-9H,4-5H2. The topological polar surface area (TPSA) is 12.9 Å². The van der Waals surface area contributed by atoms with Crippen LogP contribution >= 0.6 is 23.1 Å². The Morgan fingerprint density at radius 3 is 2.87 bits per heavy atom. The summed E-state index contributed by atoms with van der Waals surface area (Å²) in [6.07, 6.45) is 4.61. The molecule has 0 amide bonds. The van der Waals surface area contributed by atoms with Crippen LogP contribution in [-0.4, -0.2) is 4.98 Å². The molecule has 2 aromatic rings. The van der Waals surface area contributed by atoms with Gasteiger partial charge in [-0.2, -0.15) is 0 Å². The van der Waals surface area contributed by atoms with E-state index in [2.05, 4.69) is 23.2 Å². The molecule has 0 saturated heterocycles. The van der Waals surface area contributed by atoms with Crippen molar-refractivity contribution in [3.8, 4) is 0 Å². The lowest BCUT2D eigenvalue weighted by molar-refractivity contribution is 1.14. The van der Waals surface area contributed by atoms with E-state index in [9.17, 15) is 0 Å². The quantitative estimate of drug-likeness (QED) is 0.789. The summed E-state index contributed by atoms with van der Waals surface area (Å²) in [7, 11) is 0. The molecule has 1 nitrogen and oxygen atoms in total. The van der Waals surface area contributed by atoms with Gasteiger partial charge in [-0.1, -0.05) is 17.8 Å². The molecule has 1 aliphatic carbocycles. The van der Waals surface area contributed by atoms with Crippen molar-refractivity contribution in [2.24, 2.45) is 0 Å². The summed E-state index contributed by atoms with van der Waals surface area (Å²) < 4.78 is 1.36. The second-order valence-electron chi connectivity index (χ2n) is 3.70. The number of aromatic nitrogens is 1. The maximum atomic E-state index is 4.31. The highest BCUT2D eigenvalue weighted by Gasteiger charge is 2.25. The summed E-state index contributed by atoms with van der Waals surface area (Å²) in [4.78, 5) is 5.86. The van der Waals surface area contributed by atoms with Crippen LogP contribution in [0, 0.1) is 0 Å². The molecule has 0 bridgehead atoms. The van der Waals surface area contributed by atoms with Gasteiger partial charge < -0.3 is 0 Å². The Morgan fingerprint density at radius 1 is 1.20 bits per heavy atom. The van der Waals surface area contributed by atoms with Gasteiger partial charge in [-0.05, 0) is 43.0 Å². The Morgan fingerprint density at radius 2 is 2.13 bits per heavy atom. The second kappa shape index (κ2) is 3.99. The molecule has 2 heterocycles. The van der Waals surface area contributed by atoms with Crippen molar-refractivity contribution in [1.82, 2.24) is 4.98 Å². The Labute approximate surface area is 97.6 Å². The van der Waals surface area contributed by atoms with Crippen LogP contribution in [0.3, 0.4) is 0 Å². The molecule has 2 aromatic heterocycles. The van der Waals surface area contributed by atoms with Gasteiger partial charge in [-0.3, -0.25) is 0 Å². The first kappa shape index (κ1) is 9.43.